The lowest BCUT2D eigenvalue weighted by Crippen LogP contribution is -2.48. The molecule has 1 fully saturated rings. The van der Waals surface area contributed by atoms with Crippen molar-refractivity contribution in [2.45, 2.75) is 51.7 Å². The van der Waals surface area contributed by atoms with E-state index in [1.165, 1.54) is 6.20 Å². The number of piperidine rings is 1. The zero-order chi connectivity index (χ0) is 22.8. The molecule has 10 nitrogen and oxygen atoms in total. The third-order valence-corrected chi connectivity index (χ3v) is 5.98. The first-order chi connectivity index (χ1) is 15.3. The number of methoxy groups -OCH3 is 1. The normalized spacial score (nSPS) is 21.4. The Hall–Kier alpha value is -3.34. The zero-order valence-corrected chi connectivity index (χ0v) is 18.9. The average molecular weight is 442 g/mol. The second-order valence-corrected chi connectivity index (χ2v) is 8.25. The van der Waals surface area contributed by atoms with Gasteiger partial charge in [0.05, 0.1) is 19.0 Å². The molecule has 4 rings (SSSR count). The molecule has 0 saturated carbocycles. The van der Waals surface area contributed by atoms with Crippen molar-refractivity contribution in [1.82, 2.24) is 35.1 Å². The highest BCUT2D eigenvalue weighted by atomic mass is 19.1. The predicted octanol–water partition coefficient (Wildman–Crippen LogP) is 2.94. The van der Waals surface area contributed by atoms with Gasteiger partial charge >= 0.3 is 0 Å². The van der Waals surface area contributed by atoms with Crippen LogP contribution in [0.25, 0.3) is 5.69 Å². The Balaban J connectivity index is 1.56. The van der Waals surface area contributed by atoms with Gasteiger partial charge in [0, 0.05) is 35.9 Å². The van der Waals surface area contributed by atoms with E-state index in [0.29, 0.717) is 35.0 Å². The number of benzene rings is 1. The molecule has 2 atom stereocenters. The van der Waals surface area contributed by atoms with Crippen molar-refractivity contribution in [3.63, 3.8) is 0 Å². The number of hydrogen-bond donors (Lipinski definition) is 2. The first kappa shape index (κ1) is 21.9. The van der Waals surface area contributed by atoms with Crippen molar-refractivity contribution >= 4 is 17.5 Å². The highest BCUT2D eigenvalue weighted by Gasteiger charge is 2.29. The summed E-state index contributed by atoms with van der Waals surface area (Å²) in [5.41, 5.74) is 1.37. The molecule has 0 amide bonds. The van der Waals surface area contributed by atoms with Crippen LogP contribution in [-0.2, 0) is 0 Å². The summed E-state index contributed by atoms with van der Waals surface area (Å²) in [7, 11) is 3.70. The highest BCUT2D eigenvalue weighted by molar-refractivity contribution is 5.62. The molecule has 1 saturated heterocycles. The van der Waals surface area contributed by atoms with Gasteiger partial charge in [-0.3, -0.25) is 0 Å². The third-order valence-electron chi connectivity index (χ3n) is 5.98. The Morgan fingerprint density at radius 3 is 2.56 bits per heavy atom. The number of aromatic nitrogens is 6. The van der Waals surface area contributed by atoms with Crippen LogP contribution < -0.4 is 15.4 Å². The van der Waals surface area contributed by atoms with Crippen molar-refractivity contribution in [3.8, 4) is 11.4 Å². The summed E-state index contributed by atoms with van der Waals surface area (Å²) < 4.78 is 21.5. The van der Waals surface area contributed by atoms with Crippen LogP contribution in [0, 0.1) is 12.7 Å². The van der Waals surface area contributed by atoms with Crippen LogP contribution in [-0.4, -0.2) is 67.4 Å². The fourth-order valence-corrected chi connectivity index (χ4v) is 4.02. The van der Waals surface area contributed by atoms with E-state index in [2.05, 4.69) is 61.9 Å². The maximum Gasteiger partial charge on any atom is 0.229 e. The Labute approximate surface area is 186 Å². The summed E-state index contributed by atoms with van der Waals surface area (Å²) in [6.45, 7) is 6.17. The molecule has 2 aromatic heterocycles. The van der Waals surface area contributed by atoms with E-state index in [-0.39, 0.29) is 17.8 Å². The number of anilines is 3. The molecule has 1 aliphatic rings. The second kappa shape index (κ2) is 9.03. The van der Waals surface area contributed by atoms with E-state index < -0.39 is 5.82 Å². The van der Waals surface area contributed by atoms with E-state index in [0.717, 1.165) is 12.8 Å². The quantitative estimate of drug-likeness (QED) is 0.597. The van der Waals surface area contributed by atoms with Crippen LogP contribution >= 0.6 is 0 Å². The summed E-state index contributed by atoms with van der Waals surface area (Å²) >= 11 is 0. The van der Waals surface area contributed by atoms with Gasteiger partial charge in [-0.05, 0) is 57.2 Å². The number of halogens is 1. The molecule has 32 heavy (non-hydrogen) atoms. The molecule has 3 aromatic rings. The van der Waals surface area contributed by atoms with E-state index in [9.17, 15) is 4.39 Å². The van der Waals surface area contributed by atoms with Crippen LogP contribution in [0.1, 0.15) is 32.5 Å². The lowest BCUT2D eigenvalue weighted by atomic mass is 9.93. The molecule has 1 aromatic carbocycles. The second-order valence-electron chi connectivity index (χ2n) is 8.25. The Morgan fingerprint density at radius 2 is 1.91 bits per heavy atom. The van der Waals surface area contributed by atoms with E-state index in [1.54, 1.807) is 24.8 Å². The smallest absolute Gasteiger partial charge is 0.229 e. The number of likely N-dealkylation sites (tertiary alicyclic amines) is 1. The van der Waals surface area contributed by atoms with Gasteiger partial charge in [0.1, 0.15) is 5.75 Å². The molecule has 11 heteroatoms. The number of nitrogens with one attached hydrogen (secondary N) is 2. The van der Waals surface area contributed by atoms with Crippen molar-refractivity contribution in [2.75, 3.05) is 24.8 Å². The van der Waals surface area contributed by atoms with Crippen LogP contribution in [0.3, 0.4) is 0 Å². The van der Waals surface area contributed by atoms with E-state index in [1.807, 2.05) is 12.1 Å². The molecule has 0 bridgehead atoms. The SMILES string of the molecule is COc1cc(Nc2ncc(F)c(NC3C[C@H](C)N(C)[C@@H](C)C3)n2)cc(-n2nnnc2C)c1. The van der Waals surface area contributed by atoms with Gasteiger partial charge in [-0.1, -0.05) is 0 Å². The number of tetrazole rings is 1. The van der Waals surface area contributed by atoms with Crippen LogP contribution in [0.4, 0.5) is 21.8 Å². The summed E-state index contributed by atoms with van der Waals surface area (Å²) in [4.78, 5) is 10.8. The first-order valence-corrected chi connectivity index (χ1v) is 10.6. The fraction of sp³-hybridized carbons (Fsp3) is 0.476. The van der Waals surface area contributed by atoms with Crippen molar-refractivity contribution in [1.29, 1.82) is 0 Å². The van der Waals surface area contributed by atoms with Gasteiger partial charge in [0.2, 0.25) is 5.95 Å². The van der Waals surface area contributed by atoms with Gasteiger partial charge < -0.3 is 20.3 Å². The molecule has 170 valence electrons. The largest absolute Gasteiger partial charge is 0.497 e. The van der Waals surface area contributed by atoms with Crippen molar-refractivity contribution < 1.29 is 9.13 Å². The zero-order valence-electron chi connectivity index (χ0n) is 18.9. The summed E-state index contributed by atoms with van der Waals surface area (Å²) in [6, 6.07) is 6.40. The number of rotatable bonds is 6. The number of nitrogens with zero attached hydrogens (tertiary/aromatic N) is 7. The van der Waals surface area contributed by atoms with E-state index >= 15 is 0 Å². The lowest BCUT2D eigenvalue weighted by Gasteiger charge is -2.40. The lowest BCUT2D eigenvalue weighted by molar-refractivity contribution is 0.129. The average Bonchev–Trinajstić information content (AvgIpc) is 3.20. The topological polar surface area (TPSA) is 106 Å². The van der Waals surface area contributed by atoms with Gasteiger partial charge in [0.15, 0.2) is 17.5 Å². The summed E-state index contributed by atoms with van der Waals surface area (Å²) in [5.74, 6) is 1.22. The predicted molar refractivity (Wildman–Crippen MR) is 119 cm³/mol. The number of hydrogen-bond acceptors (Lipinski definition) is 9. The molecule has 1 aliphatic heterocycles. The van der Waals surface area contributed by atoms with Crippen LogP contribution in [0.2, 0.25) is 0 Å². The third kappa shape index (κ3) is 4.62. The summed E-state index contributed by atoms with van der Waals surface area (Å²) in [6.07, 6.45) is 3.00. The Bertz CT molecular complexity index is 1080. The molecule has 0 radical (unpaired) electrons. The highest BCUT2D eigenvalue weighted by Crippen LogP contribution is 2.27. The van der Waals surface area contributed by atoms with Crippen molar-refractivity contribution in [3.05, 3.63) is 36.0 Å². The number of ether oxygens (including phenoxy) is 1. The van der Waals surface area contributed by atoms with Gasteiger partial charge in [-0.25, -0.2) is 9.37 Å². The fourth-order valence-electron chi connectivity index (χ4n) is 4.02. The standard InChI is InChI=1S/C21H28FN9O/c1-12-6-15(7-13(2)30(12)4)24-20-19(22)11-23-21(26-20)25-16-8-17(10-18(9-16)32-5)31-14(3)27-28-29-31/h8-13,15H,6-7H2,1-5H3,(H2,23,24,25,26)/t12-,13-/m0/s1. The Kier molecular flexibility index (Phi) is 6.17. The molecular formula is C21H28FN9O. The van der Waals surface area contributed by atoms with Gasteiger partial charge in [-0.2, -0.15) is 9.67 Å². The summed E-state index contributed by atoms with van der Waals surface area (Å²) in [5, 5.41) is 18.0. The molecule has 0 spiro atoms. The van der Waals surface area contributed by atoms with Crippen molar-refractivity contribution in [2.24, 2.45) is 0 Å². The monoisotopic (exact) mass is 441 g/mol. The van der Waals surface area contributed by atoms with E-state index in [4.69, 9.17) is 4.74 Å². The molecule has 0 unspecified atom stereocenters. The van der Waals surface area contributed by atoms with Crippen LogP contribution in [0.5, 0.6) is 5.75 Å². The maximum atomic E-state index is 14.5. The molecule has 2 N–H and O–H groups in total. The minimum absolute atomic E-state index is 0.139. The van der Waals surface area contributed by atoms with Gasteiger partial charge in [0.25, 0.3) is 0 Å². The number of aryl methyl sites for hydroxylation is 1. The Morgan fingerprint density at radius 1 is 1.16 bits per heavy atom. The van der Waals surface area contributed by atoms with Crippen LogP contribution in [0.15, 0.2) is 24.4 Å². The molecule has 3 heterocycles. The minimum Gasteiger partial charge on any atom is -0.497 e. The molecule has 0 aliphatic carbocycles. The minimum atomic E-state index is -0.481. The first-order valence-electron chi connectivity index (χ1n) is 10.6. The molecular weight excluding hydrogens is 413 g/mol. The maximum absolute atomic E-state index is 14.5. The van der Waals surface area contributed by atoms with Gasteiger partial charge in [-0.15, -0.1) is 5.10 Å².